The van der Waals surface area contributed by atoms with E-state index in [0.29, 0.717) is 10.9 Å². The van der Waals surface area contributed by atoms with Gasteiger partial charge in [0.1, 0.15) is 5.69 Å². The maximum atomic E-state index is 12.2. The molecule has 4 nitrogen and oxygen atoms in total. The summed E-state index contributed by atoms with van der Waals surface area (Å²) in [7, 11) is 0. The second-order valence-electron chi connectivity index (χ2n) is 4.49. The van der Waals surface area contributed by atoms with Crippen LogP contribution in [0.4, 0.5) is 0 Å². The Balaban J connectivity index is 2.14. The third kappa shape index (κ3) is 3.57. The number of hydrogen-bond donors (Lipinski definition) is 1. The first kappa shape index (κ1) is 14.5. The molecule has 5 heteroatoms. The molecule has 0 radical (unpaired) electrons. The third-order valence-corrected chi connectivity index (χ3v) is 3.44. The van der Waals surface area contributed by atoms with Gasteiger partial charge in [-0.1, -0.05) is 42.1 Å². The fourth-order valence-electron chi connectivity index (χ4n) is 1.84. The van der Waals surface area contributed by atoms with Crippen LogP contribution in [0.1, 0.15) is 34.7 Å². The summed E-state index contributed by atoms with van der Waals surface area (Å²) >= 11 is 1.43. The number of aryl methyl sites for hydroxylation is 1. The molecule has 1 N–H and O–H groups in total. The van der Waals surface area contributed by atoms with Crippen molar-refractivity contribution in [3.63, 3.8) is 0 Å². The van der Waals surface area contributed by atoms with Crippen molar-refractivity contribution in [3.8, 4) is 0 Å². The monoisotopic (exact) mass is 287 g/mol. The number of nitrogens with one attached hydrogen (secondary N) is 1. The van der Waals surface area contributed by atoms with Crippen molar-refractivity contribution >= 4 is 17.7 Å². The molecule has 0 aliphatic heterocycles. The smallest absolute Gasteiger partial charge is 0.270 e. The topological polar surface area (TPSA) is 54.9 Å². The molecule has 1 amide bonds. The Morgan fingerprint density at radius 1 is 1.25 bits per heavy atom. The highest BCUT2D eigenvalue weighted by Crippen LogP contribution is 2.14. The molecule has 0 aliphatic carbocycles. The van der Waals surface area contributed by atoms with Crippen molar-refractivity contribution in [2.75, 3.05) is 6.26 Å². The quantitative estimate of drug-likeness (QED) is 0.694. The highest BCUT2D eigenvalue weighted by Gasteiger charge is 2.14. The highest BCUT2D eigenvalue weighted by molar-refractivity contribution is 7.98. The standard InChI is InChI=1S/C15H17N3OS/c1-10-9-13(18-15(16-10)20-3)14(19)17-11(2)12-7-5-4-6-8-12/h4-9,11H,1-3H3,(H,17,19). The molecule has 1 aromatic carbocycles. The molecule has 0 spiro atoms. The Morgan fingerprint density at radius 2 is 1.95 bits per heavy atom. The Kier molecular flexibility index (Phi) is 4.74. The SMILES string of the molecule is CSc1nc(C)cc(C(=O)NC(C)c2ccccc2)n1. The zero-order valence-electron chi connectivity index (χ0n) is 11.8. The molecule has 1 heterocycles. The van der Waals surface area contributed by atoms with Crippen LogP contribution >= 0.6 is 11.8 Å². The Hall–Kier alpha value is -1.88. The van der Waals surface area contributed by atoms with Crippen LogP contribution in [0.25, 0.3) is 0 Å². The number of carbonyl (C=O) groups is 1. The highest BCUT2D eigenvalue weighted by atomic mass is 32.2. The summed E-state index contributed by atoms with van der Waals surface area (Å²) in [6.45, 7) is 3.82. The number of nitrogens with zero attached hydrogens (tertiary/aromatic N) is 2. The van der Waals surface area contributed by atoms with E-state index in [1.807, 2.05) is 50.4 Å². The molecular formula is C15H17N3OS. The summed E-state index contributed by atoms with van der Waals surface area (Å²) in [5.74, 6) is -0.179. The summed E-state index contributed by atoms with van der Waals surface area (Å²) in [6.07, 6.45) is 1.89. The largest absolute Gasteiger partial charge is 0.344 e. The number of amides is 1. The molecular weight excluding hydrogens is 270 g/mol. The first-order valence-electron chi connectivity index (χ1n) is 6.35. The zero-order valence-corrected chi connectivity index (χ0v) is 12.6. The molecule has 1 atom stereocenters. The van der Waals surface area contributed by atoms with Gasteiger partial charge in [0.2, 0.25) is 0 Å². The molecule has 2 rings (SSSR count). The van der Waals surface area contributed by atoms with Gasteiger partial charge < -0.3 is 5.32 Å². The van der Waals surface area contributed by atoms with Crippen molar-refractivity contribution in [2.45, 2.75) is 25.0 Å². The molecule has 2 aromatic rings. The summed E-state index contributed by atoms with van der Waals surface area (Å²) in [5.41, 5.74) is 2.27. The van der Waals surface area contributed by atoms with Crippen LogP contribution in [0.15, 0.2) is 41.6 Å². The van der Waals surface area contributed by atoms with Gasteiger partial charge in [-0.05, 0) is 31.7 Å². The van der Waals surface area contributed by atoms with E-state index in [-0.39, 0.29) is 11.9 Å². The van der Waals surface area contributed by atoms with Crippen LogP contribution in [0, 0.1) is 6.92 Å². The minimum atomic E-state index is -0.179. The van der Waals surface area contributed by atoms with Crippen LogP contribution in [-0.4, -0.2) is 22.1 Å². The van der Waals surface area contributed by atoms with Gasteiger partial charge in [-0.3, -0.25) is 4.79 Å². The lowest BCUT2D eigenvalue weighted by Crippen LogP contribution is -2.27. The fourth-order valence-corrected chi connectivity index (χ4v) is 2.27. The minimum absolute atomic E-state index is 0.0586. The molecule has 20 heavy (non-hydrogen) atoms. The third-order valence-electron chi connectivity index (χ3n) is 2.90. The molecule has 1 aromatic heterocycles. The van der Waals surface area contributed by atoms with E-state index in [0.717, 1.165) is 11.3 Å². The molecule has 104 valence electrons. The average molecular weight is 287 g/mol. The Morgan fingerprint density at radius 3 is 2.60 bits per heavy atom. The van der Waals surface area contributed by atoms with E-state index in [9.17, 15) is 4.79 Å². The maximum Gasteiger partial charge on any atom is 0.270 e. The first-order valence-corrected chi connectivity index (χ1v) is 7.58. The van der Waals surface area contributed by atoms with E-state index in [1.165, 1.54) is 11.8 Å². The van der Waals surface area contributed by atoms with Gasteiger partial charge in [0.05, 0.1) is 6.04 Å². The number of thioether (sulfide) groups is 1. The molecule has 1 unspecified atom stereocenters. The van der Waals surface area contributed by atoms with E-state index in [1.54, 1.807) is 6.07 Å². The van der Waals surface area contributed by atoms with Crippen molar-refractivity contribution in [3.05, 3.63) is 53.3 Å². The summed E-state index contributed by atoms with van der Waals surface area (Å²) in [6, 6.07) is 11.5. The number of carbonyl (C=O) groups excluding carboxylic acids is 1. The Bertz CT molecular complexity index is 601. The van der Waals surface area contributed by atoms with Crippen LogP contribution < -0.4 is 5.32 Å². The van der Waals surface area contributed by atoms with E-state index in [4.69, 9.17) is 0 Å². The predicted octanol–water partition coefficient (Wildman–Crippen LogP) is 3.00. The van der Waals surface area contributed by atoms with Gasteiger partial charge in [-0.15, -0.1) is 0 Å². The maximum absolute atomic E-state index is 12.2. The fraction of sp³-hybridized carbons (Fsp3) is 0.267. The number of aromatic nitrogens is 2. The van der Waals surface area contributed by atoms with Crippen LogP contribution in [0.3, 0.4) is 0 Å². The van der Waals surface area contributed by atoms with Gasteiger partial charge in [0, 0.05) is 5.69 Å². The molecule has 0 saturated heterocycles. The minimum Gasteiger partial charge on any atom is -0.344 e. The second-order valence-corrected chi connectivity index (χ2v) is 5.26. The lowest BCUT2D eigenvalue weighted by molar-refractivity contribution is 0.0933. The van der Waals surface area contributed by atoms with Crippen molar-refractivity contribution in [1.29, 1.82) is 0 Å². The zero-order chi connectivity index (χ0) is 14.5. The van der Waals surface area contributed by atoms with E-state index >= 15 is 0 Å². The normalized spacial score (nSPS) is 11.9. The van der Waals surface area contributed by atoms with Crippen LogP contribution in [0.5, 0.6) is 0 Å². The lowest BCUT2D eigenvalue weighted by Gasteiger charge is -2.14. The lowest BCUT2D eigenvalue weighted by atomic mass is 10.1. The average Bonchev–Trinajstić information content (AvgIpc) is 2.47. The van der Waals surface area contributed by atoms with Gasteiger partial charge >= 0.3 is 0 Å². The van der Waals surface area contributed by atoms with Gasteiger partial charge in [-0.25, -0.2) is 9.97 Å². The molecule has 0 bridgehead atoms. The predicted molar refractivity (Wildman–Crippen MR) is 80.9 cm³/mol. The molecule has 0 fully saturated rings. The van der Waals surface area contributed by atoms with Crippen LogP contribution in [-0.2, 0) is 0 Å². The molecule has 0 aliphatic rings. The van der Waals surface area contributed by atoms with Gasteiger partial charge in [-0.2, -0.15) is 0 Å². The molecule has 0 saturated carbocycles. The summed E-state index contributed by atoms with van der Waals surface area (Å²) in [5, 5.41) is 3.57. The Labute approximate surface area is 123 Å². The first-order chi connectivity index (χ1) is 9.60. The summed E-state index contributed by atoms with van der Waals surface area (Å²) < 4.78 is 0. The van der Waals surface area contributed by atoms with Crippen LogP contribution in [0.2, 0.25) is 0 Å². The van der Waals surface area contributed by atoms with Gasteiger partial charge in [0.15, 0.2) is 5.16 Å². The number of benzene rings is 1. The number of hydrogen-bond acceptors (Lipinski definition) is 4. The van der Waals surface area contributed by atoms with Crippen molar-refractivity contribution < 1.29 is 4.79 Å². The second kappa shape index (κ2) is 6.52. The van der Waals surface area contributed by atoms with Crippen molar-refractivity contribution in [2.24, 2.45) is 0 Å². The van der Waals surface area contributed by atoms with Crippen molar-refractivity contribution in [1.82, 2.24) is 15.3 Å². The number of rotatable bonds is 4. The van der Waals surface area contributed by atoms with E-state index < -0.39 is 0 Å². The summed E-state index contributed by atoms with van der Waals surface area (Å²) in [4.78, 5) is 20.7. The van der Waals surface area contributed by atoms with E-state index in [2.05, 4.69) is 15.3 Å². The van der Waals surface area contributed by atoms with Gasteiger partial charge in [0.25, 0.3) is 5.91 Å².